The second-order valence-corrected chi connectivity index (χ2v) is 6.56. The molecule has 1 amide bonds. The van der Waals surface area contributed by atoms with Gasteiger partial charge in [0.25, 0.3) is 0 Å². The van der Waals surface area contributed by atoms with Crippen molar-refractivity contribution in [1.29, 1.82) is 0 Å². The fraction of sp³-hybridized carbons (Fsp3) is 0.800. The Morgan fingerprint density at radius 1 is 1.43 bits per heavy atom. The SMILES string of the molecule is CC(C)(C)C(CCN)CCC(=O)NCCCc1ncn[nH]1. The molecule has 21 heavy (non-hydrogen) atoms. The van der Waals surface area contributed by atoms with Gasteiger partial charge in [-0.1, -0.05) is 20.8 Å². The maximum absolute atomic E-state index is 11.9. The summed E-state index contributed by atoms with van der Waals surface area (Å²) in [6.45, 7) is 7.99. The third kappa shape index (κ3) is 7.22. The standard InChI is InChI=1S/C15H29N5O/c1-15(2,3)12(8-9-16)6-7-14(21)17-10-4-5-13-18-11-19-20-13/h11-12H,4-10,16H2,1-3H3,(H,17,21)(H,18,19,20). The third-order valence-electron chi connectivity index (χ3n) is 3.84. The fourth-order valence-corrected chi connectivity index (χ4v) is 2.44. The molecule has 1 heterocycles. The Bertz CT molecular complexity index is 397. The topological polar surface area (TPSA) is 96.7 Å². The summed E-state index contributed by atoms with van der Waals surface area (Å²) in [6.07, 6.45) is 5.61. The lowest BCUT2D eigenvalue weighted by molar-refractivity contribution is -0.121. The summed E-state index contributed by atoms with van der Waals surface area (Å²) in [5.74, 6) is 1.47. The summed E-state index contributed by atoms with van der Waals surface area (Å²) in [6, 6.07) is 0. The van der Waals surface area contributed by atoms with Crippen molar-refractivity contribution in [2.24, 2.45) is 17.1 Å². The van der Waals surface area contributed by atoms with Crippen molar-refractivity contribution >= 4 is 5.91 Å². The third-order valence-corrected chi connectivity index (χ3v) is 3.84. The van der Waals surface area contributed by atoms with Gasteiger partial charge in [0.2, 0.25) is 5.91 Å². The summed E-state index contributed by atoms with van der Waals surface area (Å²) in [5.41, 5.74) is 5.86. The Hall–Kier alpha value is -1.43. The van der Waals surface area contributed by atoms with Crippen molar-refractivity contribution < 1.29 is 4.79 Å². The van der Waals surface area contributed by atoms with Gasteiger partial charge >= 0.3 is 0 Å². The van der Waals surface area contributed by atoms with Crippen molar-refractivity contribution in [1.82, 2.24) is 20.5 Å². The molecule has 0 bridgehead atoms. The van der Waals surface area contributed by atoms with Crippen molar-refractivity contribution in [3.8, 4) is 0 Å². The van der Waals surface area contributed by atoms with Crippen LogP contribution in [0.25, 0.3) is 0 Å². The molecule has 0 spiro atoms. The van der Waals surface area contributed by atoms with Crippen LogP contribution in [0, 0.1) is 11.3 Å². The van der Waals surface area contributed by atoms with Crippen molar-refractivity contribution in [3.63, 3.8) is 0 Å². The van der Waals surface area contributed by atoms with Gasteiger partial charge in [-0.25, -0.2) is 4.98 Å². The Kier molecular flexibility index (Phi) is 7.36. The second kappa shape index (κ2) is 8.77. The van der Waals surface area contributed by atoms with Gasteiger partial charge in [-0.05, 0) is 37.1 Å². The molecule has 1 aromatic heterocycles. The number of nitrogens with zero attached hydrogens (tertiary/aromatic N) is 2. The first-order valence-electron chi connectivity index (χ1n) is 7.74. The van der Waals surface area contributed by atoms with E-state index in [1.54, 1.807) is 0 Å². The molecule has 4 N–H and O–H groups in total. The van der Waals surface area contributed by atoms with Gasteiger partial charge in [-0.2, -0.15) is 5.10 Å². The zero-order valence-electron chi connectivity index (χ0n) is 13.5. The Labute approximate surface area is 127 Å². The second-order valence-electron chi connectivity index (χ2n) is 6.56. The molecule has 1 unspecified atom stereocenters. The van der Waals surface area contributed by atoms with E-state index in [9.17, 15) is 4.79 Å². The number of aromatic amines is 1. The normalized spacial score (nSPS) is 13.1. The van der Waals surface area contributed by atoms with Crippen LogP contribution in [0.5, 0.6) is 0 Å². The van der Waals surface area contributed by atoms with E-state index in [2.05, 4.69) is 41.3 Å². The average Bonchev–Trinajstić information content (AvgIpc) is 2.91. The van der Waals surface area contributed by atoms with Crippen LogP contribution in [-0.2, 0) is 11.2 Å². The number of amides is 1. The number of hydrogen-bond acceptors (Lipinski definition) is 4. The van der Waals surface area contributed by atoms with Gasteiger partial charge in [-0.15, -0.1) is 0 Å². The number of carbonyl (C=O) groups excluding carboxylic acids is 1. The minimum atomic E-state index is 0.124. The number of nitrogens with one attached hydrogen (secondary N) is 2. The molecule has 0 saturated heterocycles. The Morgan fingerprint density at radius 2 is 2.19 bits per heavy atom. The lowest BCUT2D eigenvalue weighted by atomic mass is 9.76. The summed E-state index contributed by atoms with van der Waals surface area (Å²) in [5, 5.41) is 9.56. The van der Waals surface area contributed by atoms with Gasteiger partial charge in [0.15, 0.2) is 0 Å². The molecule has 1 rings (SSSR count). The number of hydrogen-bond donors (Lipinski definition) is 3. The number of aromatic nitrogens is 3. The fourth-order valence-electron chi connectivity index (χ4n) is 2.44. The summed E-state index contributed by atoms with van der Waals surface area (Å²) in [7, 11) is 0. The quantitative estimate of drug-likeness (QED) is 0.603. The lowest BCUT2D eigenvalue weighted by Crippen LogP contribution is -2.28. The largest absolute Gasteiger partial charge is 0.356 e. The van der Waals surface area contributed by atoms with Crippen LogP contribution in [0.15, 0.2) is 6.33 Å². The molecule has 0 aliphatic carbocycles. The van der Waals surface area contributed by atoms with E-state index in [0.29, 0.717) is 25.4 Å². The van der Waals surface area contributed by atoms with Crippen LogP contribution < -0.4 is 11.1 Å². The summed E-state index contributed by atoms with van der Waals surface area (Å²) >= 11 is 0. The predicted molar refractivity (Wildman–Crippen MR) is 83.6 cm³/mol. The van der Waals surface area contributed by atoms with Crippen molar-refractivity contribution in [2.45, 2.75) is 52.9 Å². The van der Waals surface area contributed by atoms with E-state index in [1.807, 2.05) is 0 Å². The maximum Gasteiger partial charge on any atom is 0.220 e. The molecular weight excluding hydrogens is 266 g/mol. The number of nitrogens with two attached hydrogens (primary N) is 1. The molecule has 0 fully saturated rings. The molecule has 1 aromatic rings. The summed E-state index contributed by atoms with van der Waals surface area (Å²) in [4.78, 5) is 15.9. The van der Waals surface area contributed by atoms with Crippen LogP contribution in [-0.4, -0.2) is 34.2 Å². The van der Waals surface area contributed by atoms with E-state index in [1.165, 1.54) is 6.33 Å². The molecule has 0 saturated carbocycles. The molecule has 6 nitrogen and oxygen atoms in total. The first-order chi connectivity index (χ1) is 9.93. The predicted octanol–water partition coefficient (Wildman–Crippen LogP) is 1.64. The van der Waals surface area contributed by atoms with Gasteiger partial charge in [-0.3, -0.25) is 9.89 Å². The van der Waals surface area contributed by atoms with Gasteiger partial charge < -0.3 is 11.1 Å². The molecule has 0 aliphatic rings. The molecule has 6 heteroatoms. The molecule has 0 radical (unpaired) electrons. The molecular formula is C15H29N5O. The van der Waals surface area contributed by atoms with Crippen LogP contribution in [0.1, 0.15) is 52.3 Å². The van der Waals surface area contributed by atoms with Crippen molar-refractivity contribution in [2.75, 3.05) is 13.1 Å². The molecule has 0 aliphatic heterocycles. The number of carbonyl (C=O) groups is 1. The molecule has 0 aromatic carbocycles. The van der Waals surface area contributed by atoms with E-state index < -0.39 is 0 Å². The Balaban J connectivity index is 2.17. The highest BCUT2D eigenvalue weighted by Crippen LogP contribution is 2.31. The van der Waals surface area contributed by atoms with Gasteiger partial charge in [0, 0.05) is 19.4 Å². The minimum absolute atomic E-state index is 0.124. The van der Waals surface area contributed by atoms with E-state index in [0.717, 1.165) is 31.5 Å². The number of aryl methyl sites for hydroxylation is 1. The number of H-pyrrole nitrogens is 1. The van der Waals surface area contributed by atoms with Gasteiger partial charge in [0.05, 0.1) is 0 Å². The van der Waals surface area contributed by atoms with Crippen LogP contribution in [0.2, 0.25) is 0 Å². The molecule has 1 atom stereocenters. The highest BCUT2D eigenvalue weighted by Gasteiger charge is 2.24. The highest BCUT2D eigenvalue weighted by atomic mass is 16.1. The van der Waals surface area contributed by atoms with Crippen LogP contribution >= 0.6 is 0 Å². The lowest BCUT2D eigenvalue weighted by Gasteiger charge is -2.30. The first-order valence-corrected chi connectivity index (χ1v) is 7.74. The highest BCUT2D eigenvalue weighted by molar-refractivity contribution is 5.75. The number of rotatable bonds is 9. The first kappa shape index (κ1) is 17.6. The monoisotopic (exact) mass is 295 g/mol. The van der Waals surface area contributed by atoms with Crippen molar-refractivity contribution in [3.05, 3.63) is 12.2 Å². The van der Waals surface area contributed by atoms with Crippen LogP contribution in [0.3, 0.4) is 0 Å². The average molecular weight is 295 g/mol. The van der Waals surface area contributed by atoms with Crippen LogP contribution in [0.4, 0.5) is 0 Å². The minimum Gasteiger partial charge on any atom is -0.356 e. The maximum atomic E-state index is 11.9. The smallest absolute Gasteiger partial charge is 0.220 e. The summed E-state index contributed by atoms with van der Waals surface area (Å²) < 4.78 is 0. The molecule has 120 valence electrons. The van der Waals surface area contributed by atoms with E-state index in [4.69, 9.17) is 5.73 Å². The Morgan fingerprint density at radius 3 is 2.76 bits per heavy atom. The van der Waals surface area contributed by atoms with Gasteiger partial charge in [0.1, 0.15) is 12.2 Å². The van der Waals surface area contributed by atoms with E-state index in [-0.39, 0.29) is 11.3 Å². The zero-order chi connectivity index (χ0) is 15.7. The zero-order valence-corrected chi connectivity index (χ0v) is 13.5. The van der Waals surface area contributed by atoms with E-state index >= 15 is 0 Å².